The number of carbonyl (C=O) groups excluding carboxylic acids is 1. The molecule has 0 spiro atoms. The fraction of sp³-hybridized carbons (Fsp3) is 0.700. The summed E-state index contributed by atoms with van der Waals surface area (Å²) in [5.41, 5.74) is 0. The number of hydrogen-bond donors (Lipinski definition) is 1. The standard InChI is InChI=1S/C5H9NO.C5H13N.HI/c1-3-5(7)6-4-2;1-4-6(3)5-2;/h4H,2-3H2,1H3,(H,6,7);4-5H2,1-3H3;1H. The predicted molar refractivity (Wildman–Crippen MR) is 72.9 cm³/mol. The number of amides is 1. The highest BCUT2D eigenvalue weighted by Gasteiger charge is 1.86. The predicted octanol–water partition coefficient (Wildman–Crippen LogP) is 2.23. The Hall–Kier alpha value is -0.100. The summed E-state index contributed by atoms with van der Waals surface area (Å²) < 4.78 is 0. The van der Waals surface area contributed by atoms with E-state index >= 15 is 0 Å². The van der Waals surface area contributed by atoms with E-state index in [0.717, 1.165) is 13.1 Å². The SMILES string of the molecule is C=CNC(=O)CC.CCN(C)CC.I. The van der Waals surface area contributed by atoms with E-state index in [1.165, 1.54) is 6.20 Å². The summed E-state index contributed by atoms with van der Waals surface area (Å²) in [6.45, 7) is 11.7. The summed E-state index contributed by atoms with van der Waals surface area (Å²) >= 11 is 0. The van der Waals surface area contributed by atoms with Gasteiger partial charge in [0, 0.05) is 6.42 Å². The Bertz CT molecular complexity index is 136. The molecule has 1 amide bonds. The number of hydrogen-bond acceptors (Lipinski definition) is 2. The van der Waals surface area contributed by atoms with Crippen LogP contribution >= 0.6 is 24.0 Å². The fourth-order valence-corrected chi connectivity index (χ4v) is 0.440. The van der Waals surface area contributed by atoms with Crippen molar-refractivity contribution in [2.45, 2.75) is 27.2 Å². The van der Waals surface area contributed by atoms with Crippen molar-refractivity contribution in [3.8, 4) is 0 Å². The first-order valence-corrected chi connectivity index (χ1v) is 4.71. The van der Waals surface area contributed by atoms with Gasteiger partial charge in [0.1, 0.15) is 0 Å². The van der Waals surface area contributed by atoms with Crippen molar-refractivity contribution in [2.24, 2.45) is 0 Å². The van der Waals surface area contributed by atoms with Crippen LogP contribution in [-0.4, -0.2) is 30.9 Å². The molecule has 0 heterocycles. The van der Waals surface area contributed by atoms with E-state index < -0.39 is 0 Å². The third-order valence-corrected chi connectivity index (χ3v) is 1.66. The number of rotatable bonds is 4. The van der Waals surface area contributed by atoms with Crippen LogP contribution in [0.2, 0.25) is 0 Å². The van der Waals surface area contributed by atoms with Crippen molar-refractivity contribution < 1.29 is 4.79 Å². The molecule has 0 unspecified atom stereocenters. The second-order valence-corrected chi connectivity index (χ2v) is 2.61. The molecule has 4 heteroatoms. The molecule has 0 aliphatic carbocycles. The van der Waals surface area contributed by atoms with Crippen molar-refractivity contribution in [1.29, 1.82) is 0 Å². The maximum absolute atomic E-state index is 10.2. The summed E-state index contributed by atoms with van der Waals surface area (Å²) in [6.07, 6.45) is 1.90. The highest BCUT2D eigenvalue weighted by molar-refractivity contribution is 14.0. The molecule has 0 aromatic rings. The molecular formula is C10H23IN2O. The van der Waals surface area contributed by atoms with Gasteiger partial charge in [0.25, 0.3) is 0 Å². The quantitative estimate of drug-likeness (QED) is 0.807. The summed E-state index contributed by atoms with van der Waals surface area (Å²) in [7, 11) is 2.11. The van der Waals surface area contributed by atoms with Gasteiger partial charge < -0.3 is 10.2 Å². The minimum atomic E-state index is 0. The van der Waals surface area contributed by atoms with Gasteiger partial charge in [0.15, 0.2) is 0 Å². The normalized spacial score (nSPS) is 8.07. The van der Waals surface area contributed by atoms with Crippen LogP contribution in [0.4, 0.5) is 0 Å². The second kappa shape index (κ2) is 15.4. The molecule has 0 aliphatic heterocycles. The number of nitrogens with one attached hydrogen (secondary N) is 1. The summed E-state index contributed by atoms with van der Waals surface area (Å²) in [5, 5.41) is 2.42. The molecule has 0 saturated carbocycles. The van der Waals surface area contributed by atoms with Crippen LogP contribution in [0.1, 0.15) is 27.2 Å². The zero-order valence-corrected chi connectivity index (χ0v) is 12.0. The first-order chi connectivity index (χ1) is 6.12. The highest BCUT2D eigenvalue weighted by atomic mass is 127. The van der Waals surface area contributed by atoms with Gasteiger partial charge in [-0.1, -0.05) is 27.4 Å². The summed E-state index contributed by atoms with van der Waals surface area (Å²) in [5.74, 6) is 0.00926. The molecule has 0 aromatic heterocycles. The molecule has 0 fully saturated rings. The smallest absolute Gasteiger partial charge is 0.223 e. The van der Waals surface area contributed by atoms with Crippen molar-refractivity contribution in [3.63, 3.8) is 0 Å². The Morgan fingerprint density at radius 1 is 1.36 bits per heavy atom. The van der Waals surface area contributed by atoms with E-state index in [1.807, 2.05) is 0 Å². The van der Waals surface area contributed by atoms with E-state index in [0.29, 0.717) is 6.42 Å². The molecule has 1 N–H and O–H groups in total. The number of halogens is 1. The molecule has 0 bridgehead atoms. The van der Waals surface area contributed by atoms with Gasteiger partial charge in [-0.2, -0.15) is 0 Å². The molecule has 0 atom stereocenters. The lowest BCUT2D eigenvalue weighted by molar-refractivity contribution is -0.119. The van der Waals surface area contributed by atoms with Crippen molar-refractivity contribution in [1.82, 2.24) is 10.2 Å². The van der Waals surface area contributed by atoms with Gasteiger partial charge in [0.2, 0.25) is 5.91 Å². The van der Waals surface area contributed by atoms with Gasteiger partial charge in [-0.3, -0.25) is 4.79 Å². The monoisotopic (exact) mass is 314 g/mol. The lowest BCUT2D eigenvalue weighted by Crippen LogP contribution is -2.15. The third-order valence-electron chi connectivity index (χ3n) is 1.66. The van der Waals surface area contributed by atoms with E-state index in [2.05, 4.69) is 37.7 Å². The molecule has 0 radical (unpaired) electrons. The van der Waals surface area contributed by atoms with Crippen LogP contribution in [-0.2, 0) is 4.79 Å². The number of nitrogens with zero attached hydrogens (tertiary/aromatic N) is 1. The van der Waals surface area contributed by atoms with Crippen molar-refractivity contribution in [2.75, 3.05) is 20.1 Å². The van der Waals surface area contributed by atoms with E-state index in [4.69, 9.17) is 0 Å². The van der Waals surface area contributed by atoms with Gasteiger partial charge in [0.05, 0.1) is 0 Å². The van der Waals surface area contributed by atoms with E-state index in [-0.39, 0.29) is 29.9 Å². The third kappa shape index (κ3) is 17.8. The molecular weight excluding hydrogens is 291 g/mol. The molecule has 0 aliphatic rings. The van der Waals surface area contributed by atoms with Crippen LogP contribution in [0.15, 0.2) is 12.8 Å². The maximum Gasteiger partial charge on any atom is 0.223 e. The Morgan fingerprint density at radius 2 is 1.79 bits per heavy atom. The molecule has 0 aromatic carbocycles. The molecule has 14 heavy (non-hydrogen) atoms. The van der Waals surface area contributed by atoms with Gasteiger partial charge in [-0.15, -0.1) is 24.0 Å². The topological polar surface area (TPSA) is 32.3 Å². The molecule has 3 nitrogen and oxygen atoms in total. The molecule has 86 valence electrons. The van der Waals surface area contributed by atoms with Crippen LogP contribution in [0.5, 0.6) is 0 Å². The zero-order chi connectivity index (χ0) is 10.7. The largest absolute Gasteiger partial charge is 0.333 e. The minimum absolute atomic E-state index is 0. The summed E-state index contributed by atoms with van der Waals surface area (Å²) in [6, 6.07) is 0. The first kappa shape index (κ1) is 19.5. The lowest BCUT2D eigenvalue weighted by Gasteiger charge is -2.07. The van der Waals surface area contributed by atoms with Gasteiger partial charge >= 0.3 is 0 Å². The van der Waals surface area contributed by atoms with E-state index in [9.17, 15) is 4.79 Å². The Balaban J connectivity index is -0.000000163. The molecule has 0 saturated heterocycles. The highest BCUT2D eigenvalue weighted by Crippen LogP contribution is 1.74. The average molecular weight is 314 g/mol. The van der Waals surface area contributed by atoms with Gasteiger partial charge in [-0.05, 0) is 26.3 Å². The second-order valence-electron chi connectivity index (χ2n) is 2.61. The van der Waals surface area contributed by atoms with Crippen molar-refractivity contribution in [3.05, 3.63) is 12.8 Å². The molecule has 0 rings (SSSR count). The van der Waals surface area contributed by atoms with Crippen LogP contribution in [0.3, 0.4) is 0 Å². The Labute approximate surface area is 105 Å². The van der Waals surface area contributed by atoms with Crippen LogP contribution < -0.4 is 5.32 Å². The van der Waals surface area contributed by atoms with Crippen LogP contribution in [0, 0.1) is 0 Å². The number of carbonyl (C=O) groups is 1. The fourth-order valence-electron chi connectivity index (χ4n) is 0.440. The summed E-state index contributed by atoms with van der Waals surface area (Å²) in [4.78, 5) is 12.5. The first-order valence-electron chi connectivity index (χ1n) is 4.71. The Morgan fingerprint density at radius 3 is 1.86 bits per heavy atom. The minimum Gasteiger partial charge on any atom is -0.333 e. The average Bonchev–Trinajstić information content (AvgIpc) is 2.18. The zero-order valence-electron chi connectivity index (χ0n) is 9.67. The Kier molecular flexibility index (Phi) is 21.4. The lowest BCUT2D eigenvalue weighted by atomic mass is 10.5. The van der Waals surface area contributed by atoms with E-state index in [1.54, 1.807) is 6.92 Å². The van der Waals surface area contributed by atoms with Gasteiger partial charge in [-0.25, -0.2) is 0 Å². The van der Waals surface area contributed by atoms with Crippen LogP contribution in [0.25, 0.3) is 0 Å². The van der Waals surface area contributed by atoms with Crippen molar-refractivity contribution >= 4 is 29.9 Å². The maximum atomic E-state index is 10.2.